The van der Waals surface area contributed by atoms with E-state index in [1.807, 2.05) is 23.0 Å². The molecule has 5 heteroatoms. The van der Waals surface area contributed by atoms with Crippen molar-refractivity contribution in [1.82, 2.24) is 14.7 Å². The molecule has 0 amide bonds. The molecule has 1 aromatic heterocycles. The molecule has 0 unspecified atom stereocenters. The van der Waals surface area contributed by atoms with Crippen LogP contribution in [0.4, 0.5) is 5.69 Å². The molecule has 0 radical (unpaired) electrons. The maximum absolute atomic E-state index is 5.78. The van der Waals surface area contributed by atoms with Gasteiger partial charge in [-0.1, -0.05) is 0 Å². The summed E-state index contributed by atoms with van der Waals surface area (Å²) in [4.78, 5) is 2.13. The Balaban J connectivity index is 2.33. The third kappa shape index (κ3) is 2.36. The lowest BCUT2D eigenvalue weighted by Gasteiger charge is -2.08. The van der Waals surface area contributed by atoms with E-state index in [2.05, 4.69) is 40.0 Å². The number of hydrogen-bond donors (Lipinski definition) is 1. The Hall–Kier alpha value is -1.07. The third-order valence-electron chi connectivity index (χ3n) is 2.41. The molecule has 0 aliphatic rings. The minimum absolute atomic E-state index is 0.756. The zero-order chi connectivity index (χ0) is 11.7. The molecule has 2 rings (SSSR count). The van der Waals surface area contributed by atoms with E-state index in [1.54, 1.807) is 0 Å². The first-order valence-electron chi connectivity index (χ1n) is 5.13. The molecule has 4 nitrogen and oxygen atoms in total. The van der Waals surface area contributed by atoms with Gasteiger partial charge in [0.25, 0.3) is 0 Å². The van der Waals surface area contributed by atoms with Crippen LogP contribution in [0, 0.1) is 0 Å². The summed E-state index contributed by atoms with van der Waals surface area (Å²) in [6.45, 7) is 1.86. The zero-order valence-electron chi connectivity index (χ0n) is 9.44. The van der Waals surface area contributed by atoms with Crippen LogP contribution in [0.3, 0.4) is 0 Å². The highest BCUT2D eigenvalue weighted by molar-refractivity contribution is 9.10. The predicted molar refractivity (Wildman–Crippen MR) is 70.4 cm³/mol. The van der Waals surface area contributed by atoms with Crippen molar-refractivity contribution in [3.8, 4) is 0 Å². The molecule has 0 saturated carbocycles. The molecular formula is C11H15BrN4. The topological polar surface area (TPSA) is 47.1 Å². The highest BCUT2D eigenvalue weighted by atomic mass is 79.9. The summed E-state index contributed by atoms with van der Waals surface area (Å²) in [7, 11) is 4.11. The fraction of sp³-hybridized carbons (Fsp3) is 0.364. The van der Waals surface area contributed by atoms with Gasteiger partial charge in [0.2, 0.25) is 0 Å². The monoisotopic (exact) mass is 282 g/mol. The van der Waals surface area contributed by atoms with E-state index in [4.69, 9.17) is 5.73 Å². The Kier molecular flexibility index (Phi) is 3.16. The molecular weight excluding hydrogens is 268 g/mol. The Morgan fingerprint density at radius 3 is 2.88 bits per heavy atom. The van der Waals surface area contributed by atoms with E-state index >= 15 is 0 Å². The Labute approximate surface area is 103 Å². The fourth-order valence-electron chi connectivity index (χ4n) is 1.58. The first kappa shape index (κ1) is 11.4. The van der Waals surface area contributed by atoms with E-state index in [0.717, 1.165) is 34.2 Å². The van der Waals surface area contributed by atoms with Crippen LogP contribution in [0.2, 0.25) is 0 Å². The molecule has 0 aliphatic heterocycles. The van der Waals surface area contributed by atoms with Gasteiger partial charge in [0.15, 0.2) is 0 Å². The average Bonchev–Trinajstić information content (AvgIpc) is 2.57. The number of likely N-dealkylation sites (N-methyl/N-ethyl adjacent to an activating group) is 1. The number of hydrogen-bond acceptors (Lipinski definition) is 3. The molecule has 1 aromatic carbocycles. The van der Waals surface area contributed by atoms with E-state index < -0.39 is 0 Å². The summed E-state index contributed by atoms with van der Waals surface area (Å²) >= 11 is 3.47. The van der Waals surface area contributed by atoms with Gasteiger partial charge in [-0.25, -0.2) is 0 Å². The van der Waals surface area contributed by atoms with Gasteiger partial charge < -0.3 is 10.6 Å². The average molecular weight is 283 g/mol. The minimum atomic E-state index is 0.756. The van der Waals surface area contributed by atoms with Crippen molar-refractivity contribution < 1.29 is 0 Å². The van der Waals surface area contributed by atoms with E-state index in [-0.39, 0.29) is 0 Å². The van der Waals surface area contributed by atoms with Crippen LogP contribution in [-0.4, -0.2) is 35.3 Å². The Bertz CT molecular complexity index is 504. The lowest BCUT2D eigenvalue weighted by Crippen LogP contribution is -2.18. The van der Waals surface area contributed by atoms with Crippen LogP contribution in [0.1, 0.15) is 0 Å². The second kappa shape index (κ2) is 4.43. The fourth-order valence-corrected chi connectivity index (χ4v) is 2.15. The molecule has 1 heterocycles. The summed E-state index contributed by atoms with van der Waals surface area (Å²) in [6, 6.07) is 3.82. The number of aromatic nitrogens is 2. The van der Waals surface area contributed by atoms with Gasteiger partial charge in [-0.15, -0.1) is 0 Å². The number of anilines is 1. The first-order valence-corrected chi connectivity index (χ1v) is 5.92. The van der Waals surface area contributed by atoms with Gasteiger partial charge in [0.05, 0.1) is 6.54 Å². The lowest BCUT2D eigenvalue weighted by atomic mass is 10.2. The molecule has 0 bridgehead atoms. The maximum Gasteiger partial charge on any atom is 0.107 e. The number of nitrogen functional groups attached to an aromatic ring is 1. The van der Waals surface area contributed by atoms with Crippen LogP contribution in [0.25, 0.3) is 10.9 Å². The molecule has 0 saturated heterocycles. The van der Waals surface area contributed by atoms with E-state index in [1.165, 1.54) is 0 Å². The number of nitrogens with two attached hydrogens (primary N) is 1. The third-order valence-corrected chi connectivity index (χ3v) is 3.01. The van der Waals surface area contributed by atoms with E-state index in [0.29, 0.717) is 0 Å². The van der Waals surface area contributed by atoms with Crippen LogP contribution in [0.5, 0.6) is 0 Å². The van der Waals surface area contributed by atoms with Crippen molar-refractivity contribution >= 4 is 32.5 Å². The minimum Gasteiger partial charge on any atom is -0.399 e. The molecule has 2 N–H and O–H groups in total. The highest BCUT2D eigenvalue weighted by Gasteiger charge is 2.05. The SMILES string of the molecule is CN(C)CCn1cc2cc(N)cc(Br)c2n1. The van der Waals surface area contributed by atoms with Crippen molar-refractivity contribution in [1.29, 1.82) is 0 Å². The largest absolute Gasteiger partial charge is 0.399 e. The predicted octanol–water partition coefficient (Wildman–Crippen LogP) is 1.94. The molecule has 16 heavy (non-hydrogen) atoms. The number of fused-ring (bicyclic) bond motifs is 1. The summed E-state index contributed by atoms with van der Waals surface area (Å²) in [5, 5.41) is 5.59. The summed E-state index contributed by atoms with van der Waals surface area (Å²) in [6.07, 6.45) is 2.03. The van der Waals surface area contributed by atoms with Gasteiger partial charge in [-0.05, 0) is 42.2 Å². The van der Waals surface area contributed by atoms with Crippen molar-refractivity contribution in [2.75, 3.05) is 26.4 Å². The Morgan fingerprint density at radius 1 is 1.44 bits per heavy atom. The Morgan fingerprint density at radius 2 is 2.19 bits per heavy atom. The smallest absolute Gasteiger partial charge is 0.107 e. The zero-order valence-corrected chi connectivity index (χ0v) is 11.0. The highest BCUT2D eigenvalue weighted by Crippen LogP contribution is 2.25. The molecule has 0 spiro atoms. The van der Waals surface area contributed by atoms with Gasteiger partial charge in [-0.2, -0.15) is 5.10 Å². The standard InChI is InChI=1S/C11H15BrN4/c1-15(2)3-4-16-7-8-5-9(13)6-10(12)11(8)14-16/h5-7H,3-4,13H2,1-2H3. The molecule has 0 atom stereocenters. The summed E-state index contributed by atoms with van der Waals surface area (Å²) < 4.78 is 2.90. The number of halogens is 1. The van der Waals surface area contributed by atoms with Crippen LogP contribution in [0.15, 0.2) is 22.8 Å². The van der Waals surface area contributed by atoms with Crippen LogP contribution < -0.4 is 5.73 Å². The molecule has 0 fully saturated rings. The molecule has 0 aliphatic carbocycles. The second-order valence-corrected chi connectivity index (χ2v) is 4.99. The molecule has 86 valence electrons. The molecule has 2 aromatic rings. The van der Waals surface area contributed by atoms with Gasteiger partial charge in [0.1, 0.15) is 5.52 Å². The van der Waals surface area contributed by atoms with Crippen molar-refractivity contribution in [3.63, 3.8) is 0 Å². The van der Waals surface area contributed by atoms with Gasteiger partial charge in [0, 0.05) is 28.3 Å². The second-order valence-electron chi connectivity index (χ2n) is 4.14. The number of nitrogens with zero attached hydrogens (tertiary/aromatic N) is 3. The van der Waals surface area contributed by atoms with Crippen molar-refractivity contribution in [2.24, 2.45) is 0 Å². The van der Waals surface area contributed by atoms with Gasteiger partial charge in [-0.3, -0.25) is 4.68 Å². The summed E-state index contributed by atoms with van der Waals surface area (Å²) in [5.41, 5.74) is 7.50. The van der Waals surface area contributed by atoms with Gasteiger partial charge >= 0.3 is 0 Å². The van der Waals surface area contributed by atoms with Crippen molar-refractivity contribution in [2.45, 2.75) is 6.54 Å². The number of benzene rings is 1. The lowest BCUT2D eigenvalue weighted by molar-refractivity contribution is 0.374. The first-order chi connectivity index (χ1) is 7.56. The van der Waals surface area contributed by atoms with Crippen LogP contribution in [-0.2, 0) is 6.54 Å². The van der Waals surface area contributed by atoms with E-state index in [9.17, 15) is 0 Å². The van der Waals surface area contributed by atoms with Crippen LogP contribution >= 0.6 is 15.9 Å². The maximum atomic E-state index is 5.78. The number of rotatable bonds is 3. The quantitative estimate of drug-likeness (QED) is 0.876. The van der Waals surface area contributed by atoms with Crippen molar-refractivity contribution in [3.05, 3.63) is 22.8 Å². The normalized spacial score (nSPS) is 11.5. The summed E-state index contributed by atoms with van der Waals surface area (Å²) in [5.74, 6) is 0.